The summed E-state index contributed by atoms with van der Waals surface area (Å²) in [6, 6.07) is 5.95. The molecule has 0 saturated carbocycles. The van der Waals surface area contributed by atoms with Crippen LogP contribution in [0, 0.1) is 21.4 Å². The molecule has 8 heteroatoms. The molecule has 18 heavy (non-hydrogen) atoms. The normalized spacial score (nSPS) is 10.9. The Morgan fingerprint density at radius 2 is 2.17 bits per heavy atom. The van der Waals surface area contributed by atoms with Crippen molar-refractivity contribution in [1.29, 1.82) is 5.26 Å². The van der Waals surface area contributed by atoms with Gasteiger partial charge in [-0.2, -0.15) is 5.26 Å². The summed E-state index contributed by atoms with van der Waals surface area (Å²) >= 11 is 1.21. The number of nitriles is 1. The topological polar surface area (TPSA) is 101 Å². The summed E-state index contributed by atoms with van der Waals surface area (Å²) in [5, 5.41) is 19.4. The summed E-state index contributed by atoms with van der Waals surface area (Å²) in [4.78, 5) is 10.7. The number of rotatable bonds is 5. The van der Waals surface area contributed by atoms with Crippen LogP contribution in [0.5, 0.6) is 0 Å². The van der Waals surface area contributed by atoms with Crippen LogP contribution in [0.15, 0.2) is 23.1 Å². The van der Waals surface area contributed by atoms with Crippen LogP contribution in [0.25, 0.3) is 0 Å². The number of sulfone groups is 1. The van der Waals surface area contributed by atoms with Crippen LogP contribution in [0.2, 0.25) is 0 Å². The van der Waals surface area contributed by atoms with E-state index < -0.39 is 14.8 Å². The zero-order chi connectivity index (χ0) is 13.8. The molecular weight excluding hydrogens is 276 g/mol. The van der Waals surface area contributed by atoms with Crippen molar-refractivity contribution in [3.63, 3.8) is 0 Å². The van der Waals surface area contributed by atoms with Crippen molar-refractivity contribution < 1.29 is 13.3 Å². The fraction of sp³-hybridized carbons (Fsp3) is 0.300. The average Bonchev–Trinajstić information content (AvgIpc) is 2.27. The Labute approximate surface area is 109 Å². The highest BCUT2D eigenvalue weighted by Crippen LogP contribution is 2.26. The number of nitro benzene ring substituents is 1. The molecule has 0 N–H and O–H groups in total. The quantitative estimate of drug-likeness (QED) is 0.463. The van der Waals surface area contributed by atoms with Gasteiger partial charge in [0.1, 0.15) is 21.5 Å². The van der Waals surface area contributed by atoms with Crippen LogP contribution >= 0.6 is 11.8 Å². The molecule has 0 fully saturated rings. The number of thioether (sulfide) groups is 1. The molecule has 0 bridgehead atoms. The molecule has 0 aliphatic rings. The van der Waals surface area contributed by atoms with Gasteiger partial charge in [-0.1, -0.05) is 0 Å². The van der Waals surface area contributed by atoms with Gasteiger partial charge >= 0.3 is 0 Å². The molecule has 0 aromatic heterocycles. The maximum absolute atomic E-state index is 10.9. The Morgan fingerprint density at radius 1 is 1.50 bits per heavy atom. The molecule has 0 aliphatic carbocycles. The van der Waals surface area contributed by atoms with Crippen molar-refractivity contribution >= 4 is 27.3 Å². The maximum Gasteiger partial charge on any atom is 0.288 e. The van der Waals surface area contributed by atoms with E-state index in [1.54, 1.807) is 12.1 Å². The van der Waals surface area contributed by atoms with E-state index in [-0.39, 0.29) is 17.0 Å². The van der Waals surface area contributed by atoms with E-state index >= 15 is 0 Å². The third-order valence-corrected chi connectivity index (χ3v) is 4.21. The van der Waals surface area contributed by atoms with Gasteiger partial charge in [0.25, 0.3) is 5.69 Å². The lowest BCUT2D eigenvalue weighted by Crippen LogP contribution is -2.04. The molecule has 0 spiro atoms. The predicted octanol–water partition coefficient (Wildman–Crippen LogP) is 1.60. The third-order valence-electron chi connectivity index (χ3n) is 2.01. The largest absolute Gasteiger partial charge is 0.288 e. The van der Waals surface area contributed by atoms with Gasteiger partial charge in [0.2, 0.25) is 0 Å². The molecule has 0 amide bonds. The minimum absolute atomic E-state index is 0.00542. The lowest BCUT2D eigenvalue weighted by Gasteiger charge is -2.01. The molecule has 0 heterocycles. The SMILES string of the molecule is CS(=O)(=O)CCSc1ccc(C#N)c([N+](=O)[O-])c1. The van der Waals surface area contributed by atoms with Crippen molar-refractivity contribution in [2.24, 2.45) is 0 Å². The van der Waals surface area contributed by atoms with E-state index in [4.69, 9.17) is 5.26 Å². The van der Waals surface area contributed by atoms with Gasteiger partial charge in [-0.05, 0) is 12.1 Å². The van der Waals surface area contributed by atoms with Gasteiger partial charge < -0.3 is 0 Å². The Hall–Kier alpha value is -1.59. The molecule has 1 aromatic rings. The highest BCUT2D eigenvalue weighted by Gasteiger charge is 2.14. The average molecular weight is 286 g/mol. The second-order valence-electron chi connectivity index (χ2n) is 3.53. The summed E-state index contributed by atoms with van der Waals surface area (Å²) < 4.78 is 21.9. The van der Waals surface area contributed by atoms with Crippen LogP contribution in [0.4, 0.5) is 5.69 Å². The van der Waals surface area contributed by atoms with E-state index in [1.165, 1.54) is 23.9 Å². The minimum atomic E-state index is -3.04. The van der Waals surface area contributed by atoms with Crippen molar-refractivity contribution in [2.75, 3.05) is 17.8 Å². The van der Waals surface area contributed by atoms with E-state index in [1.807, 2.05) is 0 Å². The van der Waals surface area contributed by atoms with Crippen molar-refractivity contribution in [3.8, 4) is 6.07 Å². The van der Waals surface area contributed by atoms with Gasteiger partial charge in [0.15, 0.2) is 0 Å². The summed E-state index contributed by atoms with van der Waals surface area (Å²) in [6.45, 7) is 0. The van der Waals surface area contributed by atoms with Gasteiger partial charge in [0, 0.05) is 23.0 Å². The molecular formula is C10H10N2O4S2. The van der Waals surface area contributed by atoms with Gasteiger partial charge in [-0.15, -0.1) is 11.8 Å². The first-order valence-corrected chi connectivity index (χ1v) is 7.87. The summed E-state index contributed by atoms with van der Waals surface area (Å²) in [6.07, 6.45) is 1.13. The Kier molecular flexibility index (Phi) is 4.69. The Morgan fingerprint density at radius 3 is 2.67 bits per heavy atom. The van der Waals surface area contributed by atoms with Crippen LogP contribution in [-0.4, -0.2) is 31.1 Å². The summed E-state index contributed by atoms with van der Waals surface area (Å²) in [5.74, 6) is 0.327. The lowest BCUT2D eigenvalue weighted by atomic mass is 10.2. The molecule has 0 aliphatic heterocycles. The van der Waals surface area contributed by atoms with Crippen LogP contribution in [0.3, 0.4) is 0 Å². The predicted molar refractivity (Wildman–Crippen MR) is 68.2 cm³/mol. The highest BCUT2D eigenvalue weighted by molar-refractivity contribution is 8.00. The molecule has 1 aromatic carbocycles. The maximum atomic E-state index is 10.9. The van der Waals surface area contributed by atoms with Crippen molar-refractivity contribution in [1.82, 2.24) is 0 Å². The van der Waals surface area contributed by atoms with Crippen molar-refractivity contribution in [2.45, 2.75) is 4.90 Å². The van der Waals surface area contributed by atoms with Gasteiger partial charge in [0.05, 0.1) is 10.7 Å². The second-order valence-corrected chi connectivity index (χ2v) is 6.95. The number of nitro groups is 1. The summed E-state index contributed by atoms with van der Waals surface area (Å²) in [5.41, 5.74) is -0.269. The molecule has 0 unspecified atom stereocenters. The van der Waals surface area contributed by atoms with Gasteiger partial charge in [-0.3, -0.25) is 10.1 Å². The first-order valence-electron chi connectivity index (χ1n) is 4.82. The minimum Gasteiger partial charge on any atom is -0.258 e. The van der Waals surface area contributed by atoms with E-state index in [0.29, 0.717) is 10.6 Å². The monoisotopic (exact) mass is 286 g/mol. The zero-order valence-electron chi connectivity index (χ0n) is 9.49. The molecule has 96 valence electrons. The van der Waals surface area contributed by atoms with Crippen LogP contribution < -0.4 is 0 Å². The van der Waals surface area contributed by atoms with Crippen molar-refractivity contribution in [3.05, 3.63) is 33.9 Å². The smallest absolute Gasteiger partial charge is 0.258 e. The molecule has 6 nitrogen and oxygen atoms in total. The molecule has 0 radical (unpaired) electrons. The molecule has 1 rings (SSSR count). The highest BCUT2D eigenvalue weighted by atomic mass is 32.2. The number of hydrogen-bond donors (Lipinski definition) is 0. The first kappa shape index (κ1) is 14.5. The zero-order valence-corrected chi connectivity index (χ0v) is 11.1. The second kappa shape index (κ2) is 5.84. The number of benzene rings is 1. The van der Waals surface area contributed by atoms with E-state index in [2.05, 4.69) is 0 Å². The first-order chi connectivity index (χ1) is 8.33. The number of nitrogens with zero attached hydrogens (tertiary/aromatic N) is 2. The summed E-state index contributed by atoms with van der Waals surface area (Å²) in [7, 11) is -3.04. The molecule has 0 saturated heterocycles. The van der Waals surface area contributed by atoms with E-state index in [9.17, 15) is 18.5 Å². The fourth-order valence-corrected chi connectivity index (χ4v) is 3.30. The van der Waals surface area contributed by atoms with Crippen LogP contribution in [-0.2, 0) is 9.84 Å². The Bertz CT molecular complexity index is 605. The van der Waals surface area contributed by atoms with Gasteiger partial charge in [-0.25, -0.2) is 8.42 Å². The fourth-order valence-electron chi connectivity index (χ4n) is 1.16. The Balaban J connectivity index is 2.83. The molecule has 0 atom stereocenters. The lowest BCUT2D eigenvalue weighted by molar-refractivity contribution is -0.385. The van der Waals surface area contributed by atoms with E-state index in [0.717, 1.165) is 6.26 Å². The standard InChI is InChI=1S/C10H10N2O4S2/c1-18(15,16)5-4-17-9-3-2-8(7-11)10(6-9)12(13)14/h2-3,6H,4-5H2,1H3. The third kappa shape index (κ3) is 4.35. The van der Waals surface area contributed by atoms with Crippen LogP contribution in [0.1, 0.15) is 5.56 Å². The number of hydrogen-bond acceptors (Lipinski definition) is 6.